The van der Waals surface area contributed by atoms with Crippen LogP contribution in [0.3, 0.4) is 0 Å². The molecule has 2 N–H and O–H groups in total. The van der Waals surface area contributed by atoms with Gasteiger partial charge in [0.2, 0.25) is 0 Å². The largest absolute Gasteiger partial charge is 0.483 e. The zero-order valence-corrected chi connectivity index (χ0v) is 17.5. The molecular formula is C23H29N3O3. The van der Waals surface area contributed by atoms with Crippen LogP contribution in [-0.4, -0.2) is 29.5 Å². The number of carbonyl (C=O) groups is 2. The summed E-state index contributed by atoms with van der Waals surface area (Å²) in [5, 5.41) is 5.70. The Hall–Kier alpha value is -3.02. The average Bonchev–Trinajstić information content (AvgIpc) is 2.86. The lowest BCUT2D eigenvalue weighted by atomic mass is 10.0. The Balaban J connectivity index is 1.69. The van der Waals surface area contributed by atoms with Crippen LogP contribution in [0.15, 0.2) is 42.5 Å². The third kappa shape index (κ3) is 5.08. The highest BCUT2D eigenvalue weighted by molar-refractivity contribution is 5.99. The van der Waals surface area contributed by atoms with Gasteiger partial charge in [0.25, 0.3) is 5.91 Å². The summed E-state index contributed by atoms with van der Waals surface area (Å²) in [5.74, 6) is 1.11. The fourth-order valence-corrected chi connectivity index (χ4v) is 3.28. The number of anilines is 2. The van der Waals surface area contributed by atoms with E-state index in [9.17, 15) is 9.59 Å². The predicted molar refractivity (Wildman–Crippen MR) is 115 cm³/mol. The van der Waals surface area contributed by atoms with Crippen LogP contribution in [0.2, 0.25) is 0 Å². The van der Waals surface area contributed by atoms with Crippen LogP contribution in [-0.2, 0) is 11.3 Å². The van der Waals surface area contributed by atoms with E-state index in [1.165, 1.54) is 5.56 Å². The summed E-state index contributed by atoms with van der Waals surface area (Å²) in [7, 11) is 0. The molecule has 0 bridgehead atoms. The minimum Gasteiger partial charge on any atom is -0.483 e. The third-order valence-corrected chi connectivity index (χ3v) is 5.29. The van der Waals surface area contributed by atoms with Crippen molar-refractivity contribution in [2.45, 2.75) is 52.6 Å². The second-order valence-electron chi connectivity index (χ2n) is 7.75. The normalized spacial score (nSPS) is 14.7. The number of fused-ring (bicyclic) bond motifs is 1. The van der Waals surface area contributed by atoms with E-state index in [2.05, 4.69) is 31.4 Å². The van der Waals surface area contributed by atoms with E-state index in [1.54, 1.807) is 12.1 Å². The number of rotatable bonds is 5. The van der Waals surface area contributed by atoms with E-state index in [4.69, 9.17) is 4.74 Å². The van der Waals surface area contributed by atoms with Crippen molar-refractivity contribution in [3.63, 3.8) is 0 Å². The number of ether oxygens (including phenoxy) is 1. The Bertz CT molecular complexity index is 877. The van der Waals surface area contributed by atoms with Crippen molar-refractivity contribution in [1.82, 2.24) is 4.90 Å². The maximum absolute atomic E-state index is 12.4. The summed E-state index contributed by atoms with van der Waals surface area (Å²) in [6.45, 7) is 8.86. The van der Waals surface area contributed by atoms with E-state index >= 15 is 0 Å². The zero-order valence-electron chi connectivity index (χ0n) is 17.5. The smallest absolute Gasteiger partial charge is 0.323 e. The second kappa shape index (κ2) is 8.99. The summed E-state index contributed by atoms with van der Waals surface area (Å²) in [5.41, 5.74) is 3.50. The molecule has 2 aromatic rings. The molecule has 1 aliphatic heterocycles. The van der Waals surface area contributed by atoms with Crippen LogP contribution in [0.1, 0.15) is 51.2 Å². The fraction of sp³-hybridized carbons (Fsp3) is 0.391. The molecule has 1 unspecified atom stereocenters. The number of hydrogen-bond donors (Lipinski definition) is 2. The van der Waals surface area contributed by atoms with Gasteiger partial charge in [-0.1, -0.05) is 32.9 Å². The minimum absolute atomic E-state index is 0.0207. The van der Waals surface area contributed by atoms with E-state index in [-0.39, 0.29) is 24.6 Å². The second-order valence-corrected chi connectivity index (χ2v) is 7.75. The average molecular weight is 396 g/mol. The van der Waals surface area contributed by atoms with Gasteiger partial charge >= 0.3 is 6.03 Å². The van der Waals surface area contributed by atoms with Crippen molar-refractivity contribution in [2.24, 2.45) is 0 Å². The Morgan fingerprint density at radius 2 is 1.72 bits per heavy atom. The first-order valence-corrected chi connectivity index (χ1v) is 10.1. The molecule has 6 heteroatoms. The van der Waals surface area contributed by atoms with Gasteiger partial charge in [-0.25, -0.2) is 4.79 Å². The number of benzene rings is 2. The highest BCUT2D eigenvalue weighted by atomic mass is 16.5. The molecular weight excluding hydrogens is 366 g/mol. The van der Waals surface area contributed by atoms with Gasteiger partial charge in [-0.2, -0.15) is 0 Å². The van der Waals surface area contributed by atoms with Gasteiger partial charge in [0, 0.05) is 29.5 Å². The quantitative estimate of drug-likeness (QED) is 0.751. The number of carbonyl (C=O) groups excluding carboxylic acids is 2. The first-order chi connectivity index (χ1) is 13.9. The monoisotopic (exact) mass is 395 g/mol. The van der Waals surface area contributed by atoms with Gasteiger partial charge in [0.1, 0.15) is 5.75 Å². The van der Waals surface area contributed by atoms with Gasteiger partial charge in [-0.15, -0.1) is 0 Å². The molecule has 0 saturated carbocycles. The van der Waals surface area contributed by atoms with Crippen LogP contribution in [0.25, 0.3) is 0 Å². The van der Waals surface area contributed by atoms with Crippen LogP contribution < -0.4 is 15.4 Å². The van der Waals surface area contributed by atoms with Crippen molar-refractivity contribution >= 4 is 23.3 Å². The summed E-state index contributed by atoms with van der Waals surface area (Å²) >= 11 is 0. The Morgan fingerprint density at radius 3 is 2.38 bits per heavy atom. The summed E-state index contributed by atoms with van der Waals surface area (Å²) in [6, 6.07) is 13.1. The molecule has 154 valence electrons. The van der Waals surface area contributed by atoms with Gasteiger partial charge in [0.15, 0.2) is 6.61 Å². The molecule has 0 saturated heterocycles. The van der Waals surface area contributed by atoms with Crippen molar-refractivity contribution < 1.29 is 14.3 Å². The first kappa shape index (κ1) is 20.7. The van der Waals surface area contributed by atoms with E-state index < -0.39 is 0 Å². The molecule has 0 spiro atoms. The maximum atomic E-state index is 12.4. The predicted octanol–water partition coefficient (Wildman–Crippen LogP) is 4.97. The first-order valence-electron chi connectivity index (χ1n) is 10.1. The number of nitrogens with zero attached hydrogens (tertiary/aromatic N) is 1. The lowest BCUT2D eigenvalue weighted by molar-refractivity contribution is -0.135. The summed E-state index contributed by atoms with van der Waals surface area (Å²) in [6.07, 6.45) is 0.872. The lowest BCUT2D eigenvalue weighted by Crippen LogP contribution is -2.39. The van der Waals surface area contributed by atoms with E-state index in [1.807, 2.05) is 42.2 Å². The van der Waals surface area contributed by atoms with Crippen LogP contribution >= 0.6 is 0 Å². The van der Waals surface area contributed by atoms with Crippen LogP contribution in [0.5, 0.6) is 5.75 Å². The maximum Gasteiger partial charge on any atom is 0.323 e. The Kier molecular flexibility index (Phi) is 6.42. The van der Waals surface area contributed by atoms with Crippen molar-refractivity contribution in [3.8, 4) is 5.75 Å². The van der Waals surface area contributed by atoms with Crippen LogP contribution in [0, 0.1) is 0 Å². The molecule has 3 amide bonds. The number of hydrogen-bond acceptors (Lipinski definition) is 3. The molecule has 0 aromatic heterocycles. The molecule has 3 rings (SSSR count). The number of urea groups is 1. The molecule has 29 heavy (non-hydrogen) atoms. The van der Waals surface area contributed by atoms with Gasteiger partial charge in [-0.05, 0) is 55.2 Å². The molecule has 1 aliphatic rings. The SMILES string of the molecule is CCC(C)N1Cc2cc(NC(=O)Nc3ccc(C(C)C)cc3)ccc2OCC1=O. The summed E-state index contributed by atoms with van der Waals surface area (Å²) in [4.78, 5) is 26.6. The minimum atomic E-state index is -0.313. The van der Waals surface area contributed by atoms with Crippen molar-refractivity contribution in [3.05, 3.63) is 53.6 Å². The Morgan fingerprint density at radius 1 is 1.07 bits per heavy atom. The van der Waals surface area contributed by atoms with Gasteiger partial charge in [-0.3, -0.25) is 4.79 Å². The highest BCUT2D eigenvalue weighted by Crippen LogP contribution is 2.28. The standard InChI is InChI=1S/C23H29N3O3/c1-5-16(4)26-13-18-12-20(10-11-21(18)29-14-22(26)27)25-23(28)24-19-8-6-17(7-9-19)15(2)3/h6-12,15-16H,5,13-14H2,1-4H3,(H2,24,25,28). The fourth-order valence-electron chi connectivity index (χ4n) is 3.28. The molecule has 0 radical (unpaired) electrons. The van der Waals surface area contributed by atoms with Crippen molar-refractivity contribution in [2.75, 3.05) is 17.2 Å². The topological polar surface area (TPSA) is 70.7 Å². The molecule has 0 aliphatic carbocycles. The van der Waals surface area contributed by atoms with Crippen molar-refractivity contribution in [1.29, 1.82) is 0 Å². The molecule has 0 fully saturated rings. The Labute approximate surface area is 172 Å². The van der Waals surface area contributed by atoms with Gasteiger partial charge < -0.3 is 20.3 Å². The lowest BCUT2D eigenvalue weighted by Gasteiger charge is -2.26. The zero-order chi connectivity index (χ0) is 21.0. The third-order valence-electron chi connectivity index (χ3n) is 5.29. The number of nitrogens with one attached hydrogen (secondary N) is 2. The summed E-state index contributed by atoms with van der Waals surface area (Å²) < 4.78 is 5.65. The molecule has 2 aromatic carbocycles. The van der Waals surface area contributed by atoms with E-state index in [0.29, 0.717) is 23.9 Å². The van der Waals surface area contributed by atoms with Gasteiger partial charge in [0.05, 0.1) is 0 Å². The van der Waals surface area contributed by atoms with E-state index in [0.717, 1.165) is 17.7 Å². The number of amides is 3. The highest BCUT2D eigenvalue weighted by Gasteiger charge is 2.25. The molecule has 6 nitrogen and oxygen atoms in total. The van der Waals surface area contributed by atoms with Crippen LogP contribution in [0.4, 0.5) is 16.2 Å². The molecule has 1 atom stereocenters. The molecule has 1 heterocycles.